The van der Waals surface area contributed by atoms with Crippen molar-refractivity contribution in [1.82, 2.24) is 9.80 Å². The summed E-state index contributed by atoms with van der Waals surface area (Å²) in [6.45, 7) is 15.4. The first kappa shape index (κ1) is 27.4. The monoisotopic (exact) mass is 323 g/mol. The van der Waals surface area contributed by atoms with E-state index in [-0.39, 0.29) is 58.8 Å². The molecule has 2 aliphatic rings. The van der Waals surface area contributed by atoms with Gasteiger partial charge in [-0.05, 0) is 57.8 Å². The zero-order valence-corrected chi connectivity index (χ0v) is 19.2. The van der Waals surface area contributed by atoms with Crippen molar-refractivity contribution >= 4 is 0 Å². The average molecular weight is 324 g/mol. The molecular formula is C18H40KN2-. The molecule has 21 heavy (non-hydrogen) atoms. The molecule has 2 aliphatic heterocycles. The SMILES string of the molecule is CC.CC.[CH2-]N1CCC(N2CCC(CC)CC2)CC1.[CH3-].[K+]. The van der Waals surface area contributed by atoms with Crippen molar-refractivity contribution in [3.05, 3.63) is 14.5 Å². The topological polar surface area (TPSA) is 6.48 Å². The van der Waals surface area contributed by atoms with Crippen LogP contribution in [-0.2, 0) is 0 Å². The number of rotatable bonds is 2. The van der Waals surface area contributed by atoms with Crippen molar-refractivity contribution < 1.29 is 51.4 Å². The maximum absolute atomic E-state index is 4.02. The van der Waals surface area contributed by atoms with Gasteiger partial charge < -0.3 is 17.2 Å². The van der Waals surface area contributed by atoms with E-state index in [9.17, 15) is 0 Å². The van der Waals surface area contributed by atoms with Gasteiger partial charge in [-0.25, -0.2) is 0 Å². The maximum Gasteiger partial charge on any atom is 1.00 e. The second-order valence-electron chi connectivity index (χ2n) is 5.24. The van der Waals surface area contributed by atoms with Gasteiger partial charge in [-0.1, -0.05) is 41.0 Å². The summed E-state index contributed by atoms with van der Waals surface area (Å²) in [6.07, 6.45) is 6.91. The molecule has 0 N–H and O–H groups in total. The largest absolute Gasteiger partial charge is 1.00 e. The summed E-state index contributed by atoms with van der Waals surface area (Å²) in [5.41, 5.74) is 0. The van der Waals surface area contributed by atoms with Crippen LogP contribution >= 0.6 is 0 Å². The minimum atomic E-state index is 0. The smallest absolute Gasteiger partial charge is 0.459 e. The number of likely N-dealkylation sites (tertiary alicyclic amines) is 2. The Kier molecular flexibility index (Phi) is 23.4. The van der Waals surface area contributed by atoms with Crippen molar-refractivity contribution in [2.24, 2.45) is 5.92 Å². The summed E-state index contributed by atoms with van der Waals surface area (Å²) in [6, 6.07) is 0.862. The predicted octanol–water partition coefficient (Wildman–Crippen LogP) is 1.87. The summed E-state index contributed by atoms with van der Waals surface area (Å²) in [5.74, 6) is 1.01. The quantitative estimate of drug-likeness (QED) is 0.565. The van der Waals surface area contributed by atoms with Crippen molar-refractivity contribution in [2.45, 2.75) is 72.8 Å². The summed E-state index contributed by atoms with van der Waals surface area (Å²) in [7, 11) is 4.02. The summed E-state index contributed by atoms with van der Waals surface area (Å²) >= 11 is 0. The van der Waals surface area contributed by atoms with Crippen LogP contribution in [0.1, 0.15) is 66.7 Å². The molecule has 2 heterocycles. The third-order valence-corrected chi connectivity index (χ3v) is 4.30. The van der Waals surface area contributed by atoms with Gasteiger partial charge in [-0.2, -0.15) is 0 Å². The van der Waals surface area contributed by atoms with Crippen LogP contribution in [0.2, 0.25) is 0 Å². The molecule has 0 unspecified atom stereocenters. The van der Waals surface area contributed by atoms with Crippen LogP contribution in [0.5, 0.6) is 0 Å². The fraction of sp³-hybridized carbons (Fsp3) is 0.889. The molecule has 2 saturated heterocycles. The molecule has 0 aliphatic carbocycles. The van der Waals surface area contributed by atoms with Gasteiger partial charge in [0, 0.05) is 6.04 Å². The molecule has 2 rings (SSSR count). The van der Waals surface area contributed by atoms with Crippen molar-refractivity contribution in [3.8, 4) is 0 Å². The van der Waals surface area contributed by atoms with Gasteiger partial charge in [-0.3, -0.25) is 7.05 Å². The summed E-state index contributed by atoms with van der Waals surface area (Å²) < 4.78 is 0. The van der Waals surface area contributed by atoms with Crippen molar-refractivity contribution in [2.75, 3.05) is 26.2 Å². The Hall–Kier alpha value is 1.56. The van der Waals surface area contributed by atoms with Gasteiger partial charge >= 0.3 is 51.4 Å². The van der Waals surface area contributed by atoms with Crippen LogP contribution in [0, 0.1) is 20.4 Å². The maximum atomic E-state index is 4.02. The fourth-order valence-electron chi connectivity index (χ4n) is 3.01. The average Bonchev–Trinajstić information content (AvgIpc) is 2.52. The number of hydrogen-bond acceptors (Lipinski definition) is 2. The van der Waals surface area contributed by atoms with Gasteiger partial charge in [-0.15, -0.1) is 0 Å². The molecular weight excluding hydrogens is 283 g/mol. The Morgan fingerprint density at radius 1 is 0.857 bits per heavy atom. The molecule has 0 atom stereocenters. The predicted molar refractivity (Wildman–Crippen MR) is 93.7 cm³/mol. The Morgan fingerprint density at radius 2 is 1.29 bits per heavy atom. The number of hydrogen-bond donors (Lipinski definition) is 0. The molecule has 2 fully saturated rings. The molecule has 0 spiro atoms. The minimum Gasteiger partial charge on any atom is -0.459 e. The van der Waals surface area contributed by atoms with Crippen LogP contribution in [0.4, 0.5) is 0 Å². The standard InChI is InChI=1S/C13H25N2.2C2H6.CH3.K/c1-3-12-4-10-15(11-5-12)13-6-8-14(2)9-7-13;2*1-2;;/h12-13H,2-11H2,1H3;2*1-2H3;1H3;/q-1;;;-1;+1. The molecule has 0 aromatic heterocycles. The van der Waals surface area contributed by atoms with E-state index < -0.39 is 0 Å². The van der Waals surface area contributed by atoms with E-state index in [1.54, 1.807) is 0 Å². The van der Waals surface area contributed by atoms with Crippen LogP contribution in [0.25, 0.3) is 0 Å². The third-order valence-electron chi connectivity index (χ3n) is 4.30. The normalized spacial score (nSPS) is 20.9. The van der Waals surface area contributed by atoms with E-state index in [1.165, 1.54) is 58.3 Å². The van der Waals surface area contributed by atoms with E-state index >= 15 is 0 Å². The second kappa shape index (κ2) is 17.9. The van der Waals surface area contributed by atoms with Crippen molar-refractivity contribution in [1.29, 1.82) is 0 Å². The molecule has 0 saturated carbocycles. The number of nitrogens with zero attached hydrogens (tertiary/aromatic N) is 2. The minimum absolute atomic E-state index is 0. The summed E-state index contributed by atoms with van der Waals surface area (Å²) in [5, 5.41) is 0. The van der Waals surface area contributed by atoms with E-state index in [0.29, 0.717) is 0 Å². The van der Waals surface area contributed by atoms with Crippen LogP contribution in [0.15, 0.2) is 0 Å². The molecule has 0 aromatic carbocycles. The van der Waals surface area contributed by atoms with E-state index in [0.717, 1.165) is 12.0 Å². The van der Waals surface area contributed by atoms with Crippen LogP contribution in [0.3, 0.4) is 0 Å². The molecule has 124 valence electrons. The molecule has 0 bridgehead atoms. The molecule has 2 nitrogen and oxygen atoms in total. The van der Waals surface area contributed by atoms with Gasteiger partial charge in [0.1, 0.15) is 0 Å². The van der Waals surface area contributed by atoms with E-state index in [1.807, 2.05) is 27.7 Å². The number of piperidine rings is 2. The fourth-order valence-corrected chi connectivity index (χ4v) is 3.01. The molecule has 0 radical (unpaired) electrons. The van der Waals surface area contributed by atoms with E-state index in [2.05, 4.69) is 23.8 Å². The Bertz CT molecular complexity index is 184. The first-order valence-corrected chi connectivity index (χ1v) is 8.59. The van der Waals surface area contributed by atoms with Crippen LogP contribution in [-0.4, -0.2) is 42.0 Å². The molecule has 3 heteroatoms. The Morgan fingerprint density at radius 3 is 1.67 bits per heavy atom. The van der Waals surface area contributed by atoms with Gasteiger partial charge in [0.05, 0.1) is 0 Å². The van der Waals surface area contributed by atoms with Gasteiger partial charge in [0.15, 0.2) is 0 Å². The first-order valence-electron chi connectivity index (χ1n) is 8.59. The first-order chi connectivity index (χ1) is 9.29. The van der Waals surface area contributed by atoms with Crippen molar-refractivity contribution in [3.63, 3.8) is 0 Å². The van der Waals surface area contributed by atoms with Gasteiger partial charge in [0.2, 0.25) is 0 Å². The third kappa shape index (κ3) is 10.9. The van der Waals surface area contributed by atoms with E-state index in [4.69, 9.17) is 0 Å². The zero-order chi connectivity index (χ0) is 14.7. The Labute approximate surface area is 178 Å². The summed E-state index contributed by atoms with van der Waals surface area (Å²) in [4.78, 5) is 4.95. The zero-order valence-electron chi connectivity index (χ0n) is 16.1. The molecule has 0 aromatic rings. The van der Waals surface area contributed by atoms with Gasteiger partial charge in [0.25, 0.3) is 0 Å². The van der Waals surface area contributed by atoms with Crippen LogP contribution < -0.4 is 51.4 Å². The second-order valence-corrected chi connectivity index (χ2v) is 5.24. The Balaban J connectivity index is -0.000000499. The molecule has 0 amide bonds.